The summed E-state index contributed by atoms with van der Waals surface area (Å²) in [6, 6.07) is 6.26. The van der Waals surface area contributed by atoms with Crippen molar-refractivity contribution in [3.05, 3.63) is 46.9 Å². The van der Waals surface area contributed by atoms with Crippen LogP contribution in [0.3, 0.4) is 0 Å². The summed E-state index contributed by atoms with van der Waals surface area (Å²) < 4.78 is 5.65. The van der Waals surface area contributed by atoms with Gasteiger partial charge in [-0.3, -0.25) is 14.7 Å². The Bertz CT molecular complexity index is 722. The van der Waals surface area contributed by atoms with Gasteiger partial charge < -0.3 is 4.74 Å². The molecule has 0 atom stereocenters. The molecule has 0 unspecified atom stereocenters. The second-order valence-corrected chi connectivity index (χ2v) is 7.15. The van der Waals surface area contributed by atoms with Crippen molar-refractivity contribution < 1.29 is 9.53 Å². The highest BCUT2D eigenvalue weighted by molar-refractivity contribution is 8.18. The van der Waals surface area contributed by atoms with Crippen LogP contribution >= 0.6 is 11.8 Å². The summed E-state index contributed by atoms with van der Waals surface area (Å²) in [6.07, 6.45) is 5.74. The lowest BCUT2D eigenvalue weighted by Gasteiger charge is -2.17. The zero-order chi connectivity index (χ0) is 17.1. The molecule has 1 fully saturated rings. The van der Waals surface area contributed by atoms with Crippen molar-refractivity contribution in [3.63, 3.8) is 0 Å². The maximum absolute atomic E-state index is 12.7. The van der Waals surface area contributed by atoms with Crippen molar-refractivity contribution in [1.82, 2.24) is 4.90 Å². The van der Waals surface area contributed by atoms with Gasteiger partial charge in [0.2, 0.25) is 0 Å². The molecule has 5 heteroatoms. The number of hydrogen-bond donors (Lipinski definition) is 0. The Morgan fingerprint density at radius 3 is 3.04 bits per heavy atom. The molecule has 3 rings (SSSR count). The van der Waals surface area contributed by atoms with E-state index in [1.807, 2.05) is 32.1 Å². The Kier molecular flexibility index (Phi) is 5.09. The van der Waals surface area contributed by atoms with Crippen LogP contribution in [0.25, 0.3) is 6.08 Å². The van der Waals surface area contributed by atoms with E-state index in [0.717, 1.165) is 35.9 Å². The van der Waals surface area contributed by atoms with Crippen molar-refractivity contribution in [3.8, 4) is 5.75 Å². The van der Waals surface area contributed by atoms with Crippen LogP contribution in [0.2, 0.25) is 0 Å². The Morgan fingerprint density at radius 1 is 1.46 bits per heavy atom. The lowest BCUT2D eigenvalue weighted by molar-refractivity contribution is -0.121. The number of aryl methyl sites for hydroxylation is 1. The van der Waals surface area contributed by atoms with Gasteiger partial charge in [0.15, 0.2) is 5.17 Å². The number of carbonyl (C=O) groups is 1. The number of hydrogen-bond acceptors (Lipinski definition) is 4. The molecule has 1 saturated heterocycles. The smallest absolute Gasteiger partial charge is 0.267 e. The number of rotatable bonds is 4. The van der Waals surface area contributed by atoms with Crippen LogP contribution in [-0.4, -0.2) is 35.2 Å². The molecule has 1 amide bonds. The van der Waals surface area contributed by atoms with Gasteiger partial charge in [-0.15, -0.1) is 6.58 Å². The molecule has 1 aromatic carbocycles. The minimum atomic E-state index is -0.00623. The van der Waals surface area contributed by atoms with Crippen molar-refractivity contribution in [1.29, 1.82) is 0 Å². The molecule has 126 valence electrons. The first-order chi connectivity index (χ1) is 11.6. The fourth-order valence-corrected chi connectivity index (χ4v) is 3.86. The monoisotopic (exact) mass is 342 g/mol. The highest BCUT2D eigenvalue weighted by Gasteiger charge is 2.32. The Morgan fingerprint density at radius 2 is 2.29 bits per heavy atom. The molecule has 24 heavy (non-hydrogen) atoms. The Hall–Kier alpha value is -2.01. The number of thioether (sulfide) groups is 1. The summed E-state index contributed by atoms with van der Waals surface area (Å²) in [5.41, 5.74) is 2.24. The summed E-state index contributed by atoms with van der Waals surface area (Å²) >= 11 is 1.44. The first-order valence-corrected chi connectivity index (χ1v) is 9.06. The van der Waals surface area contributed by atoms with E-state index in [2.05, 4.69) is 17.6 Å². The number of amides is 1. The molecule has 2 heterocycles. The molecule has 0 aromatic heterocycles. The number of benzene rings is 1. The standard InChI is InChI=1S/C19H22N2O2S/c1-4-9-21-18(22)17(24-19(21)20-13(2)3)12-14-7-8-16-15(11-14)6-5-10-23-16/h4,7-8,11-13H,1,5-6,9-10H2,2-3H3/b17-12-,20-19?. The summed E-state index contributed by atoms with van der Waals surface area (Å²) in [6.45, 7) is 9.02. The third-order valence-corrected chi connectivity index (χ3v) is 4.82. The average molecular weight is 342 g/mol. The van der Waals surface area contributed by atoms with Crippen LogP contribution < -0.4 is 4.74 Å². The molecule has 0 aliphatic carbocycles. The van der Waals surface area contributed by atoms with Gasteiger partial charge in [-0.1, -0.05) is 12.1 Å². The van der Waals surface area contributed by atoms with E-state index < -0.39 is 0 Å². The van der Waals surface area contributed by atoms with Crippen LogP contribution in [0.4, 0.5) is 0 Å². The molecule has 0 spiro atoms. The largest absolute Gasteiger partial charge is 0.493 e. The van der Waals surface area contributed by atoms with Crippen LogP contribution in [-0.2, 0) is 11.2 Å². The van der Waals surface area contributed by atoms with Crippen LogP contribution in [0.15, 0.2) is 40.8 Å². The first kappa shape index (κ1) is 16.8. The van der Waals surface area contributed by atoms with Crippen molar-refractivity contribution in [2.24, 2.45) is 4.99 Å². The third kappa shape index (κ3) is 3.56. The summed E-state index contributed by atoms with van der Waals surface area (Å²) in [5, 5.41) is 0.752. The lowest BCUT2D eigenvalue weighted by Crippen LogP contribution is -2.29. The number of nitrogens with zero attached hydrogens (tertiary/aromatic N) is 2. The van der Waals surface area contributed by atoms with Crippen molar-refractivity contribution in [2.45, 2.75) is 32.7 Å². The predicted molar refractivity (Wildman–Crippen MR) is 100 cm³/mol. The van der Waals surface area contributed by atoms with E-state index in [-0.39, 0.29) is 11.9 Å². The zero-order valence-electron chi connectivity index (χ0n) is 14.1. The number of ether oxygens (including phenoxy) is 1. The number of carbonyl (C=O) groups excluding carboxylic acids is 1. The van der Waals surface area contributed by atoms with E-state index in [1.54, 1.807) is 11.0 Å². The highest BCUT2D eigenvalue weighted by atomic mass is 32.2. The minimum absolute atomic E-state index is 0.00623. The van der Waals surface area contributed by atoms with Gasteiger partial charge >= 0.3 is 0 Å². The highest BCUT2D eigenvalue weighted by Crippen LogP contribution is 2.34. The average Bonchev–Trinajstić information content (AvgIpc) is 2.83. The van der Waals surface area contributed by atoms with Gasteiger partial charge in [-0.05, 0) is 67.8 Å². The molecule has 0 saturated carbocycles. The molecule has 2 aliphatic heterocycles. The lowest BCUT2D eigenvalue weighted by atomic mass is 10.0. The number of aliphatic imine (C=N–C) groups is 1. The topological polar surface area (TPSA) is 41.9 Å². The van der Waals surface area contributed by atoms with E-state index in [4.69, 9.17) is 4.74 Å². The van der Waals surface area contributed by atoms with Crippen LogP contribution in [0.1, 0.15) is 31.4 Å². The second kappa shape index (κ2) is 7.26. The molecular formula is C19H22N2O2S. The van der Waals surface area contributed by atoms with Crippen molar-refractivity contribution >= 4 is 28.9 Å². The normalized spacial score (nSPS) is 20.6. The van der Waals surface area contributed by atoms with Gasteiger partial charge in [-0.25, -0.2) is 0 Å². The van der Waals surface area contributed by atoms with Gasteiger partial charge in [0.05, 0.1) is 11.5 Å². The molecular weight excluding hydrogens is 320 g/mol. The summed E-state index contributed by atoms with van der Waals surface area (Å²) in [7, 11) is 0. The predicted octanol–water partition coefficient (Wildman–Crippen LogP) is 3.88. The maximum atomic E-state index is 12.7. The maximum Gasteiger partial charge on any atom is 0.267 e. The molecule has 0 bridgehead atoms. The van der Waals surface area contributed by atoms with Crippen LogP contribution in [0.5, 0.6) is 5.75 Å². The second-order valence-electron chi connectivity index (χ2n) is 6.14. The van der Waals surface area contributed by atoms with E-state index in [0.29, 0.717) is 11.4 Å². The fraction of sp³-hybridized carbons (Fsp3) is 0.368. The first-order valence-electron chi connectivity index (χ1n) is 8.24. The third-order valence-electron chi connectivity index (χ3n) is 3.80. The zero-order valence-corrected chi connectivity index (χ0v) is 14.9. The van der Waals surface area contributed by atoms with E-state index >= 15 is 0 Å². The van der Waals surface area contributed by atoms with E-state index in [9.17, 15) is 4.79 Å². The number of fused-ring (bicyclic) bond motifs is 1. The molecule has 1 aromatic rings. The minimum Gasteiger partial charge on any atom is -0.493 e. The molecule has 0 N–H and O–H groups in total. The summed E-state index contributed by atoms with van der Waals surface area (Å²) in [4.78, 5) is 19.6. The SMILES string of the molecule is C=CCN1C(=O)/C(=C/c2ccc3c(c2)CCCO3)SC1=NC(C)C. The Balaban J connectivity index is 1.89. The molecule has 0 radical (unpaired) electrons. The van der Waals surface area contributed by atoms with Gasteiger partial charge in [0.1, 0.15) is 5.75 Å². The molecule has 4 nitrogen and oxygen atoms in total. The van der Waals surface area contributed by atoms with Gasteiger partial charge in [0.25, 0.3) is 5.91 Å². The molecule has 2 aliphatic rings. The van der Waals surface area contributed by atoms with E-state index in [1.165, 1.54) is 17.3 Å². The van der Waals surface area contributed by atoms with Gasteiger partial charge in [-0.2, -0.15) is 0 Å². The van der Waals surface area contributed by atoms with Crippen molar-refractivity contribution in [2.75, 3.05) is 13.2 Å². The quantitative estimate of drug-likeness (QED) is 0.616. The van der Waals surface area contributed by atoms with Gasteiger partial charge in [0, 0.05) is 12.6 Å². The fourth-order valence-electron chi connectivity index (χ4n) is 2.74. The number of amidine groups is 1. The summed E-state index contributed by atoms with van der Waals surface area (Å²) in [5.74, 6) is 0.956. The Labute approximate surface area is 147 Å². The van der Waals surface area contributed by atoms with Crippen LogP contribution in [0, 0.1) is 0 Å².